The lowest BCUT2D eigenvalue weighted by atomic mass is 10.2. The van der Waals surface area contributed by atoms with Crippen LogP contribution in [0.25, 0.3) is 11.3 Å². The zero-order valence-corrected chi connectivity index (χ0v) is 7.90. The second-order valence-corrected chi connectivity index (χ2v) is 2.81. The van der Waals surface area contributed by atoms with E-state index in [1.165, 1.54) is 0 Å². The molecule has 14 heavy (non-hydrogen) atoms. The number of furan rings is 1. The van der Waals surface area contributed by atoms with Crippen LogP contribution in [-0.2, 0) is 0 Å². The Morgan fingerprint density at radius 1 is 1.43 bits per heavy atom. The van der Waals surface area contributed by atoms with E-state index in [0.717, 1.165) is 17.8 Å². The van der Waals surface area contributed by atoms with Crippen molar-refractivity contribution in [1.29, 1.82) is 0 Å². The van der Waals surface area contributed by atoms with Gasteiger partial charge in [0, 0.05) is 18.3 Å². The van der Waals surface area contributed by atoms with Crippen molar-refractivity contribution in [2.24, 2.45) is 0 Å². The zero-order chi connectivity index (χ0) is 9.80. The summed E-state index contributed by atoms with van der Waals surface area (Å²) >= 11 is 0. The molecule has 1 N–H and O–H groups in total. The second kappa shape index (κ2) is 3.91. The lowest BCUT2D eigenvalue weighted by molar-refractivity contribution is 0.568. The van der Waals surface area contributed by atoms with Gasteiger partial charge in [0.2, 0.25) is 5.95 Å². The van der Waals surface area contributed by atoms with Gasteiger partial charge >= 0.3 is 0 Å². The molecule has 0 unspecified atom stereocenters. The molecule has 2 rings (SSSR count). The minimum atomic E-state index is 0.645. The number of nitrogens with zero attached hydrogens (tertiary/aromatic N) is 2. The summed E-state index contributed by atoms with van der Waals surface area (Å²) in [6.45, 7) is 2.82. The molecule has 0 saturated carbocycles. The summed E-state index contributed by atoms with van der Waals surface area (Å²) in [5.74, 6) is 0.645. The third-order valence-electron chi connectivity index (χ3n) is 1.81. The predicted octanol–water partition coefficient (Wildman–Crippen LogP) is 2.17. The van der Waals surface area contributed by atoms with Crippen LogP contribution in [0, 0.1) is 0 Å². The van der Waals surface area contributed by atoms with Crippen molar-refractivity contribution in [1.82, 2.24) is 9.97 Å². The minimum absolute atomic E-state index is 0.645. The van der Waals surface area contributed by atoms with Crippen molar-refractivity contribution >= 4 is 5.95 Å². The fourth-order valence-corrected chi connectivity index (χ4v) is 1.17. The molecule has 0 aliphatic carbocycles. The molecule has 2 aromatic heterocycles. The first-order valence-corrected chi connectivity index (χ1v) is 4.49. The largest absolute Gasteiger partial charge is 0.472 e. The van der Waals surface area contributed by atoms with E-state index in [9.17, 15) is 0 Å². The van der Waals surface area contributed by atoms with Crippen molar-refractivity contribution in [3.8, 4) is 11.3 Å². The molecule has 0 aliphatic heterocycles. The Kier molecular flexibility index (Phi) is 2.44. The standard InChI is InChI=1S/C10H11N3O/c1-2-11-10-12-5-3-9(13-10)8-4-6-14-7-8/h3-7H,2H2,1H3,(H,11,12,13). The van der Waals surface area contributed by atoms with Crippen molar-refractivity contribution in [2.75, 3.05) is 11.9 Å². The highest BCUT2D eigenvalue weighted by Gasteiger charge is 2.01. The quantitative estimate of drug-likeness (QED) is 0.803. The summed E-state index contributed by atoms with van der Waals surface area (Å²) in [5.41, 5.74) is 1.83. The minimum Gasteiger partial charge on any atom is -0.472 e. The number of anilines is 1. The number of hydrogen-bond acceptors (Lipinski definition) is 4. The van der Waals surface area contributed by atoms with E-state index >= 15 is 0 Å². The Morgan fingerprint density at radius 2 is 2.36 bits per heavy atom. The molecule has 2 heterocycles. The van der Waals surface area contributed by atoms with Gasteiger partial charge in [-0.3, -0.25) is 0 Å². The van der Waals surface area contributed by atoms with Crippen LogP contribution in [0.5, 0.6) is 0 Å². The van der Waals surface area contributed by atoms with Crippen molar-refractivity contribution in [3.63, 3.8) is 0 Å². The van der Waals surface area contributed by atoms with E-state index in [4.69, 9.17) is 4.42 Å². The number of rotatable bonds is 3. The van der Waals surface area contributed by atoms with Gasteiger partial charge in [0.05, 0.1) is 18.2 Å². The molecule has 0 atom stereocenters. The summed E-state index contributed by atoms with van der Waals surface area (Å²) in [6, 6.07) is 3.73. The molecular formula is C10H11N3O. The Balaban J connectivity index is 2.31. The molecule has 4 heteroatoms. The van der Waals surface area contributed by atoms with Gasteiger partial charge in [0.1, 0.15) is 0 Å². The topological polar surface area (TPSA) is 51.0 Å². The lowest BCUT2D eigenvalue weighted by Crippen LogP contribution is -2.01. The van der Waals surface area contributed by atoms with Crippen molar-refractivity contribution in [3.05, 3.63) is 30.9 Å². The Labute approximate surface area is 82.0 Å². The molecular weight excluding hydrogens is 178 g/mol. The highest BCUT2D eigenvalue weighted by Crippen LogP contribution is 2.17. The van der Waals surface area contributed by atoms with E-state index in [2.05, 4.69) is 15.3 Å². The molecule has 72 valence electrons. The van der Waals surface area contributed by atoms with E-state index in [1.807, 2.05) is 19.1 Å². The van der Waals surface area contributed by atoms with Crippen molar-refractivity contribution in [2.45, 2.75) is 6.92 Å². The summed E-state index contributed by atoms with van der Waals surface area (Å²) in [4.78, 5) is 8.41. The summed E-state index contributed by atoms with van der Waals surface area (Å²) in [5, 5.41) is 3.06. The summed E-state index contributed by atoms with van der Waals surface area (Å²) in [6.07, 6.45) is 5.02. The molecule has 4 nitrogen and oxygen atoms in total. The van der Waals surface area contributed by atoms with Gasteiger partial charge in [-0.15, -0.1) is 0 Å². The molecule has 0 spiro atoms. The Morgan fingerprint density at radius 3 is 3.07 bits per heavy atom. The Bertz CT molecular complexity index is 398. The maximum absolute atomic E-state index is 4.99. The molecule has 0 amide bonds. The van der Waals surface area contributed by atoms with Gasteiger partial charge in [-0.1, -0.05) is 0 Å². The second-order valence-electron chi connectivity index (χ2n) is 2.81. The third-order valence-corrected chi connectivity index (χ3v) is 1.81. The maximum Gasteiger partial charge on any atom is 0.223 e. The van der Waals surface area contributed by atoms with E-state index in [-0.39, 0.29) is 0 Å². The number of nitrogens with one attached hydrogen (secondary N) is 1. The molecule has 0 aliphatic rings. The summed E-state index contributed by atoms with van der Waals surface area (Å²) < 4.78 is 4.99. The molecule has 0 saturated heterocycles. The molecule has 0 bridgehead atoms. The predicted molar refractivity (Wildman–Crippen MR) is 53.9 cm³/mol. The average molecular weight is 189 g/mol. The summed E-state index contributed by atoms with van der Waals surface area (Å²) in [7, 11) is 0. The maximum atomic E-state index is 4.99. The first-order chi connectivity index (χ1) is 6.90. The molecule has 0 aromatic carbocycles. The van der Waals surface area contributed by atoms with Crippen LogP contribution < -0.4 is 5.32 Å². The van der Waals surface area contributed by atoms with Gasteiger partial charge in [0.15, 0.2) is 0 Å². The number of aromatic nitrogens is 2. The van der Waals surface area contributed by atoms with Crippen LogP contribution in [0.15, 0.2) is 35.3 Å². The van der Waals surface area contributed by atoms with Crippen LogP contribution in [0.2, 0.25) is 0 Å². The monoisotopic (exact) mass is 189 g/mol. The van der Waals surface area contributed by atoms with Crippen LogP contribution in [0.1, 0.15) is 6.92 Å². The Hall–Kier alpha value is -1.84. The lowest BCUT2D eigenvalue weighted by Gasteiger charge is -2.01. The highest BCUT2D eigenvalue weighted by atomic mass is 16.3. The smallest absolute Gasteiger partial charge is 0.223 e. The molecule has 0 fully saturated rings. The van der Waals surface area contributed by atoms with Gasteiger partial charge in [-0.25, -0.2) is 9.97 Å². The molecule has 0 radical (unpaired) electrons. The molecule has 2 aromatic rings. The first kappa shape index (κ1) is 8.74. The highest BCUT2D eigenvalue weighted by molar-refractivity contribution is 5.58. The normalized spacial score (nSPS) is 10.1. The van der Waals surface area contributed by atoms with E-state index in [0.29, 0.717) is 5.95 Å². The fourth-order valence-electron chi connectivity index (χ4n) is 1.17. The van der Waals surface area contributed by atoms with Crippen LogP contribution >= 0.6 is 0 Å². The van der Waals surface area contributed by atoms with E-state index in [1.54, 1.807) is 18.7 Å². The first-order valence-electron chi connectivity index (χ1n) is 4.49. The SMILES string of the molecule is CCNc1nccc(-c2ccoc2)n1. The fraction of sp³-hybridized carbons (Fsp3) is 0.200. The third kappa shape index (κ3) is 1.74. The van der Waals surface area contributed by atoms with Gasteiger partial charge in [-0.2, -0.15) is 0 Å². The van der Waals surface area contributed by atoms with Gasteiger partial charge in [0.25, 0.3) is 0 Å². The number of hydrogen-bond donors (Lipinski definition) is 1. The van der Waals surface area contributed by atoms with Gasteiger partial charge in [-0.05, 0) is 19.1 Å². The van der Waals surface area contributed by atoms with Crippen LogP contribution in [0.4, 0.5) is 5.95 Å². The van der Waals surface area contributed by atoms with Crippen LogP contribution in [0.3, 0.4) is 0 Å². The van der Waals surface area contributed by atoms with Crippen LogP contribution in [-0.4, -0.2) is 16.5 Å². The van der Waals surface area contributed by atoms with E-state index < -0.39 is 0 Å². The average Bonchev–Trinajstić information content (AvgIpc) is 2.71. The van der Waals surface area contributed by atoms with Gasteiger partial charge < -0.3 is 9.73 Å². The zero-order valence-electron chi connectivity index (χ0n) is 7.90. The van der Waals surface area contributed by atoms with Crippen molar-refractivity contribution < 1.29 is 4.42 Å².